The van der Waals surface area contributed by atoms with Gasteiger partial charge in [0.25, 0.3) is 5.91 Å². The van der Waals surface area contributed by atoms with Crippen molar-refractivity contribution in [2.45, 2.75) is 50.0 Å². The van der Waals surface area contributed by atoms with Crippen molar-refractivity contribution < 1.29 is 29.6 Å². The van der Waals surface area contributed by atoms with Crippen LogP contribution in [0.1, 0.15) is 26.2 Å². The van der Waals surface area contributed by atoms with Crippen molar-refractivity contribution in [3.05, 3.63) is 11.8 Å². The van der Waals surface area contributed by atoms with Crippen molar-refractivity contribution in [1.29, 1.82) is 0 Å². The number of nitrogens with one attached hydrogen (secondary N) is 1. The van der Waals surface area contributed by atoms with Gasteiger partial charge < -0.3 is 25.4 Å². The minimum Gasteiger partial charge on any atom is -0.483 e. The van der Waals surface area contributed by atoms with E-state index in [1.54, 1.807) is 0 Å². The summed E-state index contributed by atoms with van der Waals surface area (Å²) in [5.41, 5.74) is -2.50. The van der Waals surface area contributed by atoms with Gasteiger partial charge in [-0.2, -0.15) is 0 Å². The average molecular weight is 285 g/mol. The molecule has 2 saturated heterocycles. The highest BCUT2D eigenvalue weighted by atomic mass is 16.6. The molecule has 1 amide bonds. The summed E-state index contributed by atoms with van der Waals surface area (Å²) in [5, 5.41) is 31.1. The van der Waals surface area contributed by atoms with E-state index in [0.717, 1.165) is 12.8 Å². The van der Waals surface area contributed by atoms with E-state index >= 15 is 0 Å². The van der Waals surface area contributed by atoms with Crippen LogP contribution in [0.4, 0.5) is 0 Å². The first-order chi connectivity index (χ1) is 9.44. The molecule has 0 saturated carbocycles. The maximum atomic E-state index is 12.0. The summed E-state index contributed by atoms with van der Waals surface area (Å²) in [6.07, 6.45) is 1.51. The lowest BCUT2D eigenvalue weighted by atomic mass is 9.89. The molecule has 0 spiro atoms. The molecule has 7 nitrogen and oxygen atoms in total. The average Bonchev–Trinajstić information content (AvgIpc) is 3.13. The third kappa shape index (κ3) is 2.44. The zero-order valence-corrected chi connectivity index (χ0v) is 11.2. The number of carbonyl (C=O) groups excluding carboxylic acids is 2. The van der Waals surface area contributed by atoms with Gasteiger partial charge in [0.1, 0.15) is 11.9 Å². The molecular formula is C13H19NO6. The van der Waals surface area contributed by atoms with E-state index in [2.05, 4.69) is 5.32 Å². The zero-order chi connectivity index (χ0) is 14.9. The molecule has 2 heterocycles. The number of ketones is 1. The van der Waals surface area contributed by atoms with Crippen LogP contribution in [0.5, 0.6) is 0 Å². The van der Waals surface area contributed by atoms with Crippen molar-refractivity contribution in [3.63, 3.8) is 0 Å². The van der Waals surface area contributed by atoms with Gasteiger partial charge in [-0.1, -0.05) is 13.3 Å². The number of aliphatic hydroxyl groups is 3. The first-order valence-electron chi connectivity index (χ1n) is 6.67. The van der Waals surface area contributed by atoms with Gasteiger partial charge in [0, 0.05) is 6.42 Å². The number of epoxide rings is 1. The second kappa shape index (κ2) is 5.51. The Kier molecular flexibility index (Phi) is 4.12. The van der Waals surface area contributed by atoms with Crippen LogP contribution in [-0.2, 0) is 14.3 Å². The van der Waals surface area contributed by atoms with E-state index in [0.29, 0.717) is 5.76 Å². The van der Waals surface area contributed by atoms with Crippen LogP contribution < -0.4 is 5.32 Å². The Morgan fingerprint density at radius 1 is 1.55 bits per heavy atom. The Labute approximate surface area is 116 Å². The molecule has 0 aromatic heterocycles. The summed E-state index contributed by atoms with van der Waals surface area (Å²) < 4.78 is 5.22. The Hall–Kier alpha value is -1.44. The van der Waals surface area contributed by atoms with Crippen molar-refractivity contribution in [2.75, 3.05) is 6.61 Å². The Balaban J connectivity index is 2.00. The fourth-order valence-corrected chi connectivity index (χ4v) is 2.34. The smallest absolute Gasteiger partial charge is 0.263 e. The lowest BCUT2D eigenvalue weighted by Crippen LogP contribution is -2.53. The maximum Gasteiger partial charge on any atom is 0.263 e. The highest BCUT2D eigenvalue weighted by Gasteiger charge is 2.58. The minimum absolute atomic E-state index is 0.0231. The van der Waals surface area contributed by atoms with Crippen LogP contribution in [0.2, 0.25) is 0 Å². The van der Waals surface area contributed by atoms with E-state index < -0.39 is 36.0 Å². The molecule has 2 fully saturated rings. The number of Topliss-reactive ketones (excluding diaryl/α,β-unsaturated/α-hetero) is 1. The number of ether oxygens (including phenoxy) is 1. The van der Waals surface area contributed by atoms with E-state index in [1.807, 2.05) is 6.92 Å². The highest BCUT2D eigenvalue weighted by molar-refractivity contribution is 6.12. The first-order valence-corrected chi connectivity index (χ1v) is 6.67. The molecule has 0 bridgehead atoms. The van der Waals surface area contributed by atoms with Crippen molar-refractivity contribution in [1.82, 2.24) is 5.32 Å². The molecule has 7 heteroatoms. The number of allylic oxidation sites excluding steroid dienone is 1. The number of amides is 1. The molecule has 0 aliphatic carbocycles. The monoisotopic (exact) mass is 285 g/mol. The largest absolute Gasteiger partial charge is 0.483 e. The van der Waals surface area contributed by atoms with Crippen LogP contribution in [0.3, 0.4) is 0 Å². The SMILES string of the molecule is CCCC1OC1=CCC(=O)[C@]1(O)C(=O)NC(CO)[C@@H]1O. The predicted octanol–water partition coefficient (Wildman–Crippen LogP) is -1.39. The van der Waals surface area contributed by atoms with Crippen molar-refractivity contribution in [3.8, 4) is 0 Å². The molecular weight excluding hydrogens is 266 g/mol. The summed E-state index contributed by atoms with van der Waals surface area (Å²) in [6.45, 7) is 1.46. The number of aliphatic hydroxyl groups excluding tert-OH is 2. The molecule has 0 radical (unpaired) electrons. The van der Waals surface area contributed by atoms with E-state index in [-0.39, 0.29) is 12.5 Å². The van der Waals surface area contributed by atoms with Crippen LogP contribution in [0.15, 0.2) is 11.8 Å². The molecule has 2 aliphatic heterocycles. The normalized spacial score (nSPS) is 37.7. The standard InChI is InChI=1S/C13H19NO6/c1-2-3-8-9(20-8)4-5-10(16)13(19)11(17)7(6-15)14-12(13)18/h4,7-8,11,15,17,19H,2-3,5-6H2,1H3,(H,14,18)/t7?,8?,11-,13+/m0/s1. The van der Waals surface area contributed by atoms with Gasteiger partial charge in [-0.15, -0.1) is 0 Å². The molecule has 0 aromatic rings. The molecule has 2 aliphatic rings. The van der Waals surface area contributed by atoms with Gasteiger partial charge in [-0.25, -0.2) is 0 Å². The third-order valence-corrected chi connectivity index (χ3v) is 3.67. The number of hydrogen-bond acceptors (Lipinski definition) is 6. The van der Waals surface area contributed by atoms with Gasteiger partial charge in [0.2, 0.25) is 5.60 Å². The Morgan fingerprint density at radius 2 is 2.25 bits per heavy atom. The van der Waals surface area contributed by atoms with Crippen molar-refractivity contribution >= 4 is 11.7 Å². The van der Waals surface area contributed by atoms with Crippen LogP contribution in [0.25, 0.3) is 0 Å². The quantitative estimate of drug-likeness (QED) is 0.352. The molecule has 112 valence electrons. The maximum absolute atomic E-state index is 12.0. The summed E-state index contributed by atoms with van der Waals surface area (Å²) in [5.74, 6) is -1.11. The molecule has 4 atom stereocenters. The third-order valence-electron chi connectivity index (χ3n) is 3.67. The number of hydrogen-bond donors (Lipinski definition) is 4. The minimum atomic E-state index is -2.50. The highest BCUT2D eigenvalue weighted by Crippen LogP contribution is 2.32. The predicted molar refractivity (Wildman–Crippen MR) is 67.5 cm³/mol. The van der Waals surface area contributed by atoms with E-state index in [1.165, 1.54) is 6.08 Å². The lowest BCUT2D eigenvalue weighted by Gasteiger charge is -2.22. The van der Waals surface area contributed by atoms with Gasteiger partial charge in [0.15, 0.2) is 11.9 Å². The molecule has 0 aromatic carbocycles. The topological polar surface area (TPSA) is 119 Å². The second-order valence-electron chi connectivity index (χ2n) is 5.10. The molecule has 2 rings (SSSR count). The summed E-state index contributed by atoms with van der Waals surface area (Å²) in [6, 6.07) is -1.03. The number of carbonyl (C=O) groups is 2. The summed E-state index contributed by atoms with van der Waals surface area (Å²) >= 11 is 0. The van der Waals surface area contributed by atoms with Gasteiger partial charge in [-0.3, -0.25) is 9.59 Å². The van der Waals surface area contributed by atoms with Crippen molar-refractivity contribution in [2.24, 2.45) is 0 Å². The molecule has 20 heavy (non-hydrogen) atoms. The summed E-state index contributed by atoms with van der Waals surface area (Å²) in [7, 11) is 0. The van der Waals surface area contributed by atoms with Gasteiger partial charge in [0.05, 0.1) is 12.6 Å². The van der Waals surface area contributed by atoms with Crippen LogP contribution >= 0.6 is 0 Å². The zero-order valence-electron chi connectivity index (χ0n) is 11.2. The van der Waals surface area contributed by atoms with Crippen LogP contribution in [-0.4, -0.2) is 57.5 Å². The molecule has 4 N–H and O–H groups in total. The lowest BCUT2D eigenvalue weighted by molar-refractivity contribution is -0.156. The fraction of sp³-hybridized carbons (Fsp3) is 0.692. The van der Waals surface area contributed by atoms with E-state index in [9.17, 15) is 19.8 Å². The Bertz CT molecular complexity index is 448. The number of rotatable bonds is 6. The van der Waals surface area contributed by atoms with E-state index in [4.69, 9.17) is 9.84 Å². The molecule has 2 unspecified atom stereocenters. The first kappa shape index (κ1) is 15.0. The van der Waals surface area contributed by atoms with Crippen LogP contribution in [0, 0.1) is 0 Å². The second-order valence-corrected chi connectivity index (χ2v) is 5.10. The Morgan fingerprint density at radius 3 is 2.80 bits per heavy atom. The fourth-order valence-electron chi connectivity index (χ4n) is 2.34. The van der Waals surface area contributed by atoms with Gasteiger partial charge >= 0.3 is 0 Å². The van der Waals surface area contributed by atoms with Gasteiger partial charge in [-0.05, 0) is 12.5 Å². The summed E-state index contributed by atoms with van der Waals surface area (Å²) in [4.78, 5) is 23.6.